The molecule has 0 radical (unpaired) electrons. The van der Waals surface area contributed by atoms with Crippen molar-refractivity contribution >= 4 is 0 Å². The second-order valence-corrected chi connectivity index (χ2v) is 3.93. The van der Waals surface area contributed by atoms with E-state index in [1.807, 2.05) is 6.92 Å². The second kappa shape index (κ2) is 8.47. The summed E-state index contributed by atoms with van der Waals surface area (Å²) in [6.45, 7) is 5.27. The van der Waals surface area contributed by atoms with Gasteiger partial charge < -0.3 is 20.4 Å². The minimum atomic E-state index is -0.730. The van der Waals surface area contributed by atoms with Gasteiger partial charge >= 0.3 is 0 Å². The van der Waals surface area contributed by atoms with Crippen molar-refractivity contribution in [2.75, 3.05) is 19.8 Å². The van der Waals surface area contributed by atoms with Crippen molar-refractivity contribution in [3.8, 4) is 0 Å². The average Bonchev–Trinajstić information content (AvgIpc) is 2.19. The first-order valence-corrected chi connectivity index (χ1v) is 5.40. The molecule has 0 fully saturated rings. The summed E-state index contributed by atoms with van der Waals surface area (Å²) in [4.78, 5) is 0. The van der Waals surface area contributed by atoms with E-state index in [1.54, 1.807) is 6.08 Å². The van der Waals surface area contributed by atoms with E-state index in [-0.39, 0.29) is 19.8 Å². The lowest BCUT2D eigenvalue weighted by Crippen LogP contribution is -2.26. The Balaban J connectivity index is 4.35. The zero-order valence-electron chi connectivity index (χ0n) is 9.76. The maximum atomic E-state index is 9.88. The van der Waals surface area contributed by atoms with Gasteiger partial charge in [-0.2, -0.15) is 0 Å². The van der Waals surface area contributed by atoms with E-state index >= 15 is 0 Å². The molecule has 0 aromatic heterocycles. The van der Waals surface area contributed by atoms with Gasteiger partial charge in [0.25, 0.3) is 0 Å². The first-order chi connectivity index (χ1) is 7.56. The highest BCUT2D eigenvalue weighted by Crippen LogP contribution is 2.21. The normalized spacial score (nSPS) is 15.9. The predicted molar refractivity (Wildman–Crippen MR) is 62.9 cm³/mol. The van der Waals surface area contributed by atoms with Crippen LogP contribution < -0.4 is 0 Å². The zero-order chi connectivity index (χ0) is 12.6. The van der Waals surface area contributed by atoms with E-state index < -0.39 is 12.0 Å². The molecular weight excluding hydrogens is 208 g/mol. The van der Waals surface area contributed by atoms with E-state index in [0.717, 1.165) is 5.57 Å². The molecule has 4 heteroatoms. The molecule has 0 saturated carbocycles. The van der Waals surface area contributed by atoms with Crippen LogP contribution in [0.2, 0.25) is 0 Å². The van der Waals surface area contributed by atoms with Crippen molar-refractivity contribution in [2.45, 2.75) is 25.9 Å². The smallest absolute Gasteiger partial charge is 0.0664 e. The molecule has 0 saturated heterocycles. The molecule has 4 N–H and O–H groups in total. The van der Waals surface area contributed by atoms with Crippen molar-refractivity contribution in [3.05, 3.63) is 23.8 Å². The van der Waals surface area contributed by atoms with Gasteiger partial charge in [0.2, 0.25) is 0 Å². The molecule has 2 unspecified atom stereocenters. The van der Waals surface area contributed by atoms with Crippen LogP contribution in [0.1, 0.15) is 19.8 Å². The third-order valence-corrected chi connectivity index (χ3v) is 2.59. The molecule has 0 spiro atoms. The quantitative estimate of drug-likeness (QED) is 0.450. The van der Waals surface area contributed by atoms with Crippen molar-refractivity contribution in [2.24, 2.45) is 5.92 Å². The van der Waals surface area contributed by atoms with Gasteiger partial charge in [0.1, 0.15) is 0 Å². The summed E-state index contributed by atoms with van der Waals surface area (Å²) < 4.78 is 0. The average molecular weight is 230 g/mol. The largest absolute Gasteiger partial charge is 0.396 e. The molecule has 0 amide bonds. The van der Waals surface area contributed by atoms with Crippen molar-refractivity contribution in [3.63, 3.8) is 0 Å². The fraction of sp³-hybridized carbons (Fsp3) is 0.667. The summed E-state index contributed by atoms with van der Waals surface area (Å²) in [7, 11) is 0. The molecule has 4 nitrogen and oxygen atoms in total. The van der Waals surface area contributed by atoms with Crippen LogP contribution in [0.3, 0.4) is 0 Å². The minimum absolute atomic E-state index is 0.0342. The summed E-state index contributed by atoms with van der Waals surface area (Å²) >= 11 is 0. The summed E-state index contributed by atoms with van der Waals surface area (Å²) in [6, 6.07) is 0. The molecular formula is C12H22O4. The van der Waals surface area contributed by atoms with Crippen molar-refractivity contribution < 1.29 is 20.4 Å². The van der Waals surface area contributed by atoms with Gasteiger partial charge in [-0.3, -0.25) is 0 Å². The Bertz CT molecular complexity index is 235. The van der Waals surface area contributed by atoms with Crippen LogP contribution in [0, 0.1) is 5.92 Å². The molecule has 0 aromatic rings. The fourth-order valence-corrected chi connectivity index (χ4v) is 1.56. The van der Waals surface area contributed by atoms with E-state index in [9.17, 15) is 5.11 Å². The van der Waals surface area contributed by atoms with Crippen LogP contribution in [-0.2, 0) is 0 Å². The maximum Gasteiger partial charge on any atom is 0.0664 e. The molecule has 0 aliphatic heterocycles. The SMILES string of the molecule is C=C(CCO)C(CO)C(O)CC(C)=CCO. The predicted octanol–water partition coefficient (Wildman–Crippen LogP) is 0.223. The number of aliphatic hydroxyl groups excluding tert-OH is 4. The Hall–Kier alpha value is -0.680. The van der Waals surface area contributed by atoms with Crippen LogP contribution in [0.5, 0.6) is 0 Å². The van der Waals surface area contributed by atoms with Crippen molar-refractivity contribution in [1.29, 1.82) is 0 Å². The molecule has 0 bridgehead atoms. The molecule has 0 aromatic carbocycles. The summed E-state index contributed by atoms with van der Waals surface area (Å²) in [5.41, 5.74) is 1.51. The second-order valence-electron chi connectivity index (χ2n) is 3.93. The van der Waals surface area contributed by atoms with E-state index in [2.05, 4.69) is 6.58 Å². The summed E-state index contributed by atoms with van der Waals surface area (Å²) in [5.74, 6) is -0.422. The molecule has 0 heterocycles. The third kappa shape index (κ3) is 5.42. The Morgan fingerprint density at radius 2 is 1.94 bits per heavy atom. The number of rotatable bonds is 8. The van der Waals surface area contributed by atoms with Gasteiger partial charge in [-0.1, -0.05) is 23.8 Å². The van der Waals surface area contributed by atoms with Crippen LogP contribution in [0.15, 0.2) is 23.8 Å². The molecule has 0 aliphatic carbocycles. The zero-order valence-corrected chi connectivity index (χ0v) is 9.76. The monoisotopic (exact) mass is 230 g/mol. The van der Waals surface area contributed by atoms with E-state index in [4.69, 9.17) is 15.3 Å². The number of aliphatic hydroxyl groups is 4. The highest BCUT2D eigenvalue weighted by molar-refractivity contribution is 5.07. The molecule has 94 valence electrons. The molecule has 0 rings (SSSR count). The first-order valence-electron chi connectivity index (χ1n) is 5.40. The maximum absolute atomic E-state index is 9.88. The molecule has 0 aliphatic rings. The van der Waals surface area contributed by atoms with Gasteiger partial charge in [0.05, 0.1) is 19.3 Å². The van der Waals surface area contributed by atoms with Crippen LogP contribution in [-0.4, -0.2) is 46.4 Å². The lowest BCUT2D eigenvalue weighted by atomic mass is 9.89. The Morgan fingerprint density at radius 1 is 1.31 bits per heavy atom. The Labute approximate surface area is 96.6 Å². The minimum Gasteiger partial charge on any atom is -0.396 e. The Kier molecular flexibility index (Phi) is 8.11. The highest BCUT2D eigenvalue weighted by Gasteiger charge is 2.21. The van der Waals surface area contributed by atoms with E-state index in [1.165, 1.54) is 0 Å². The van der Waals surface area contributed by atoms with Crippen LogP contribution in [0.25, 0.3) is 0 Å². The molecule has 16 heavy (non-hydrogen) atoms. The summed E-state index contributed by atoms with van der Waals surface area (Å²) in [6.07, 6.45) is 1.65. The standard InChI is InChI=1S/C12H22O4/c1-9(3-5-13)7-12(16)11(8-15)10(2)4-6-14/h3,11-16H,2,4-8H2,1H3. The first kappa shape index (κ1) is 15.3. The topological polar surface area (TPSA) is 80.9 Å². The lowest BCUT2D eigenvalue weighted by molar-refractivity contribution is 0.0832. The van der Waals surface area contributed by atoms with Gasteiger partial charge in [0.15, 0.2) is 0 Å². The Morgan fingerprint density at radius 3 is 2.38 bits per heavy atom. The molecule has 2 atom stereocenters. The highest BCUT2D eigenvalue weighted by atomic mass is 16.3. The summed E-state index contributed by atoms with van der Waals surface area (Å²) in [5, 5.41) is 36.5. The third-order valence-electron chi connectivity index (χ3n) is 2.59. The van der Waals surface area contributed by atoms with Crippen molar-refractivity contribution in [1.82, 2.24) is 0 Å². The fourth-order valence-electron chi connectivity index (χ4n) is 1.56. The van der Waals surface area contributed by atoms with Gasteiger partial charge in [-0.25, -0.2) is 0 Å². The van der Waals surface area contributed by atoms with E-state index in [0.29, 0.717) is 18.4 Å². The lowest BCUT2D eigenvalue weighted by Gasteiger charge is -2.23. The van der Waals surface area contributed by atoms with Gasteiger partial charge in [0, 0.05) is 12.5 Å². The van der Waals surface area contributed by atoms with Gasteiger partial charge in [-0.05, 0) is 19.8 Å². The number of hydrogen-bond acceptors (Lipinski definition) is 4. The van der Waals surface area contributed by atoms with Crippen LogP contribution in [0.4, 0.5) is 0 Å². The van der Waals surface area contributed by atoms with Crippen LogP contribution >= 0.6 is 0 Å². The number of hydrogen-bond donors (Lipinski definition) is 4. The van der Waals surface area contributed by atoms with Gasteiger partial charge in [-0.15, -0.1) is 0 Å².